The first-order valence-corrected chi connectivity index (χ1v) is 5.76. The molecule has 3 N–H and O–H groups in total. The maximum absolute atomic E-state index is 11.2. The second-order valence-corrected chi connectivity index (χ2v) is 3.82. The van der Waals surface area contributed by atoms with Gasteiger partial charge in [-0.25, -0.2) is 5.84 Å². The van der Waals surface area contributed by atoms with Crippen molar-refractivity contribution in [1.82, 2.24) is 5.43 Å². The van der Waals surface area contributed by atoms with Crippen LogP contribution >= 0.6 is 0 Å². The van der Waals surface area contributed by atoms with Gasteiger partial charge >= 0.3 is 0 Å². The van der Waals surface area contributed by atoms with E-state index in [2.05, 4.69) is 12.3 Å². The number of hydrazine groups is 1. The summed E-state index contributed by atoms with van der Waals surface area (Å²) in [5.74, 6) is 5.20. The molecule has 1 atom stereocenters. The predicted octanol–water partition coefficient (Wildman–Crippen LogP) is 2.36. The normalized spacial score (nSPS) is 12.5. The van der Waals surface area contributed by atoms with Crippen molar-refractivity contribution >= 4 is 5.91 Å². The number of carbonyl (C=O) groups excluding carboxylic acids is 1. The fourth-order valence-electron chi connectivity index (χ4n) is 1.63. The minimum absolute atomic E-state index is 0.0111. The maximum atomic E-state index is 11.2. The molecule has 0 aromatic rings. The van der Waals surface area contributed by atoms with Crippen molar-refractivity contribution in [2.45, 2.75) is 58.8 Å². The molecule has 3 heteroatoms. The molecule has 0 aromatic heterocycles. The smallest absolute Gasteiger partial charge is 0.236 e. The molecule has 0 aliphatic rings. The predicted molar refractivity (Wildman–Crippen MR) is 59.5 cm³/mol. The topological polar surface area (TPSA) is 55.1 Å². The summed E-state index contributed by atoms with van der Waals surface area (Å²) in [7, 11) is 0. The van der Waals surface area contributed by atoms with Gasteiger partial charge in [0.15, 0.2) is 0 Å². The summed E-state index contributed by atoms with van der Waals surface area (Å²) in [6.07, 6.45) is 8.10. The Morgan fingerprint density at radius 1 is 1.21 bits per heavy atom. The van der Waals surface area contributed by atoms with Crippen LogP contribution < -0.4 is 11.3 Å². The number of nitrogens with two attached hydrogens (primary N) is 1. The summed E-state index contributed by atoms with van der Waals surface area (Å²) in [5.41, 5.74) is 2.23. The van der Waals surface area contributed by atoms with Crippen molar-refractivity contribution < 1.29 is 4.79 Å². The SMILES string of the molecule is CCCCCCCC(CC)C(=O)NN. The summed E-state index contributed by atoms with van der Waals surface area (Å²) in [4.78, 5) is 11.2. The first-order valence-electron chi connectivity index (χ1n) is 5.76. The molecule has 0 radical (unpaired) electrons. The lowest BCUT2D eigenvalue weighted by Gasteiger charge is -2.12. The molecule has 0 spiro atoms. The van der Waals surface area contributed by atoms with Gasteiger partial charge in [0.1, 0.15) is 0 Å². The lowest BCUT2D eigenvalue weighted by molar-refractivity contribution is -0.125. The Labute approximate surface area is 87.4 Å². The van der Waals surface area contributed by atoms with Gasteiger partial charge in [0.25, 0.3) is 0 Å². The molecule has 0 saturated heterocycles. The van der Waals surface area contributed by atoms with E-state index in [4.69, 9.17) is 5.84 Å². The Morgan fingerprint density at radius 3 is 2.36 bits per heavy atom. The zero-order valence-electron chi connectivity index (χ0n) is 9.51. The molecular weight excluding hydrogens is 176 g/mol. The highest BCUT2D eigenvalue weighted by Crippen LogP contribution is 2.14. The highest BCUT2D eigenvalue weighted by Gasteiger charge is 2.13. The number of unbranched alkanes of at least 4 members (excludes halogenated alkanes) is 4. The van der Waals surface area contributed by atoms with Crippen molar-refractivity contribution in [2.24, 2.45) is 11.8 Å². The summed E-state index contributed by atoms with van der Waals surface area (Å²) < 4.78 is 0. The van der Waals surface area contributed by atoms with Crippen molar-refractivity contribution in [2.75, 3.05) is 0 Å². The highest BCUT2D eigenvalue weighted by atomic mass is 16.2. The largest absolute Gasteiger partial charge is 0.294 e. The van der Waals surface area contributed by atoms with E-state index in [0.717, 1.165) is 19.3 Å². The monoisotopic (exact) mass is 200 g/mol. The molecule has 3 nitrogen and oxygen atoms in total. The van der Waals surface area contributed by atoms with Gasteiger partial charge in [0.2, 0.25) is 5.91 Å². The van der Waals surface area contributed by atoms with Gasteiger partial charge in [-0.2, -0.15) is 0 Å². The van der Waals surface area contributed by atoms with Crippen molar-refractivity contribution in [3.8, 4) is 0 Å². The number of carbonyl (C=O) groups is 1. The molecular formula is C11H24N2O. The molecule has 0 saturated carbocycles. The van der Waals surface area contributed by atoms with E-state index >= 15 is 0 Å². The number of amides is 1. The number of nitrogens with one attached hydrogen (secondary N) is 1. The van der Waals surface area contributed by atoms with Gasteiger partial charge in [-0.1, -0.05) is 46.0 Å². The van der Waals surface area contributed by atoms with Crippen molar-refractivity contribution in [1.29, 1.82) is 0 Å². The Bertz CT molecular complexity index is 148. The Hall–Kier alpha value is -0.570. The standard InChI is InChI=1S/C11H24N2O/c1-3-5-6-7-8-9-10(4-2)11(14)13-12/h10H,3-9,12H2,1-2H3,(H,13,14). The van der Waals surface area contributed by atoms with E-state index in [1.54, 1.807) is 0 Å². The van der Waals surface area contributed by atoms with Crippen LogP contribution in [0.4, 0.5) is 0 Å². The molecule has 0 bridgehead atoms. The average molecular weight is 200 g/mol. The van der Waals surface area contributed by atoms with Crippen LogP contribution in [-0.4, -0.2) is 5.91 Å². The average Bonchev–Trinajstić information content (AvgIpc) is 2.22. The zero-order valence-corrected chi connectivity index (χ0v) is 9.51. The van der Waals surface area contributed by atoms with Crippen LogP contribution in [0.15, 0.2) is 0 Å². The third-order valence-electron chi connectivity index (χ3n) is 2.66. The van der Waals surface area contributed by atoms with Gasteiger partial charge in [-0.15, -0.1) is 0 Å². The first kappa shape index (κ1) is 13.4. The molecule has 0 aliphatic carbocycles. The Morgan fingerprint density at radius 2 is 1.86 bits per heavy atom. The second-order valence-electron chi connectivity index (χ2n) is 3.82. The summed E-state index contributed by atoms with van der Waals surface area (Å²) in [6, 6.07) is 0. The van der Waals surface area contributed by atoms with Crippen LogP contribution in [0.2, 0.25) is 0 Å². The Balaban J connectivity index is 3.48. The molecule has 14 heavy (non-hydrogen) atoms. The molecule has 0 fully saturated rings. The fraction of sp³-hybridized carbons (Fsp3) is 0.909. The number of hydrogen-bond donors (Lipinski definition) is 2. The molecule has 0 aromatic carbocycles. The molecule has 1 amide bonds. The van der Waals surface area contributed by atoms with Crippen LogP contribution in [0.3, 0.4) is 0 Å². The molecule has 84 valence electrons. The zero-order chi connectivity index (χ0) is 10.8. The second kappa shape index (κ2) is 9.00. The van der Waals surface area contributed by atoms with Gasteiger partial charge in [-0.3, -0.25) is 10.2 Å². The third-order valence-corrected chi connectivity index (χ3v) is 2.66. The van der Waals surface area contributed by atoms with Crippen molar-refractivity contribution in [3.63, 3.8) is 0 Å². The number of hydrogen-bond acceptors (Lipinski definition) is 2. The van der Waals surface area contributed by atoms with Crippen LogP contribution in [0, 0.1) is 5.92 Å². The van der Waals surface area contributed by atoms with Gasteiger partial charge in [0.05, 0.1) is 0 Å². The van der Waals surface area contributed by atoms with Crippen LogP contribution in [0.25, 0.3) is 0 Å². The molecule has 0 heterocycles. The van der Waals surface area contributed by atoms with E-state index in [9.17, 15) is 4.79 Å². The molecule has 1 unspecified atom stereocenters. The summed E-state index contributed by atoms with van der Waals surface area (Å²) in [5, 5.41) is 0. The van der Waals surface area contributed by atoms with Gasteiger partial charge in [-0.05, 0) is 12.8 Å². The lowest BCUT2D eigenvalue weighted by atomic mass is 9.97. The quantitative estimate of drug-likeness (QED) is 0.273. The maximum Gasteiger partial charge on any atom is 0.236 e. The molecule has 0 rings (SSSR count). The third kappa shape index (κ3) is 5.97. The lowest BCUT2D eigenvalue weighted by Crippen LogP contribution is -2.35. The van der Waals surface area contributed by atoms with E-state index in [0.29, 0.717) is 0 Å². The van der Waals surface area contributed by atoms with E-state index in [-0.39, 0.29) is 11.8 Å². The van der Waals surface area contributed by atoms with Gasteiger partial charge in [0, 0.05) is 5.92 Å². The highest BCUT2D eigenvalue weighted by molar-refractivity contribution is 5.77. The minimum atomic E-state index is -0.0111. The first-order chi connectivity index (χ1) is 6.76. The van der Waals surface area contributed by atoms with Crippen molar-refractivity contribution in [3.05, 3.63) is 0 Å². The number of rotatable bonds is 8. The van der Waals surface area contributed by atoms with E-state index in [1.807, 2.05) is 6.92 Å². The fourth-order valence-corrected chi connectivity index (χ4v) is 1.63. The van der Waals surface area contributed by atoms with Gasteiger partial charge < -0.3 is 0 Å². The van der Waals surface area contributed by atoms with E-state index in [1.165, 1.54) is 25.7 Å². The van der Waals surface area contributed by atoms with E-state index < -0.39 is 0 Å². The van der Waals surface area contributed by atoms with Crippen LogP contribution in [0.5, 0.6) is 0 Å². The Kier molecular flexibility index (Phi) is 8.64. The summed E-state index contributed by atoms with van der Waals surface area (Å²) in [6.45, 7) is 4.24. The van der Waals surface area contributed by atoms with Crippen LogP contribution in [-0.2, 0) is 4.79 Å². The summed E-state index contributed by atoms with van der Waals surface area (Å²) >= 11 is 0. The minimum Gasteiger partial charge on any atom is -0.294 e. The molecule has 0 aliphatic heterocycles. The van der Waals surface area contributed by atoms with Crippen LogP contribution in [0.1, 0.15) is 58.8 Å².